The number of fused-ring (bicyclic) bond motifs is 1. The number of nitrogens with zero attached hydrogens (tertiary/aromatic N) is 1. The van der Waals surface area contributed by atoms with Crippen LogP contribution in [0, 0.1) is 0 Å². The highest BCUT2D eigenvalue weighted by molar-refractivity contribution is 5.91. The lowest BCUT2D eigenvalue weighted by Gasteiger charge is -2.05. The summed E-state index contributed by atoms with van der Waals surface area (Å²) in [6, 6.07) is 13.4. The zero-order valence-electron chi connectivity index (χ0n) is 10.8. The van der Waals surface area contributed by atoms with Crippen LogP contribution in [-0.4, -0.2) is 10.3 Å². The normalized spacial score (nSPS) is 11.0. The number of rotatable bonds is 3. The fourth-order valence-electron chi connectivity index (χ4n) is 2.29. The predicted octanol–water partition coefficient (Wildman–Crippen LogP) is 4.15. The molecule has 3 aromatic rings. The molecule has 3 nitrogen and oxygen atoms in total. The summed E-state index contributed by atoms with van der Waals surface area (Å²) in [6.07, 6.45) is 1.85. The Morgan fingerprint density at radius 3 is 2.84 bits per heavy atom. The van der Waals surface area contributed by atoms with Gasteiger partial charge in [-0.15, -0.1) is 0 Å². The Bertz CT molecular complexity index is 716. The molecule has 1 heterocycles. The number of aromatic nitrogens is 1. The Morgan fingerprint density at radius 2 is 2.00 bits per heavy atom. The minimum atomic E-state index is 0.342. The first-order chi connectivity index (χ1) is 9.29. The van der Waals surface area contributed by atoms with Gasteiger partial charge >= 0.3 is 0 Å². The molecule has 3 rings (SSSR count). The van der Waals surface area contributed by atoms with Crippen molar-refractivity contribution in [1.82, 2.24) is 5.16 Å². The largest absolute Gasteiger partial charge is 0.508 e. The molecule has 0 atom stereocenters. The van der Waals surface area contributed by atoms with E-state index in [1.54, 1.807) is 6.07 Å². The molecule has 1 aromatic heterocycles. The van der Waals surface area contributed by atoms with Gasteiger partial charge in [-0.2, -0.15) is 0 Å². The molecule has 96 valence electrons. The molecule has 2 aromatic carbocycles. The summed E-state index contributed by atoms with van der Waals surface area (Å²) in [5, 5.41) is 14.9. The van der Waals surface area contributed by atoms with Crippen molar-refractivity contribution < 1.29 is 9.63 Å². The van der Waals surface area contributed by atoms with E-state index >= 15 is 0 Å². The summed E-state index contributed by atoms with van der Waals surface area (Å²) in [7, 11) is 0. The monoisotopic (exact) mass is 253 g/mol. The molecule has 0 fully saturated rings. The van der Waals surface area contributed by atoms with Crippen LogP contribution in [0.25, 0.3) is 22.2 Å². The van der Waals surface area contributed by atoms with E-state index in [9.17, 15) is 5.11 Å². The van der Waals surface area contributed by atoms with E-state index in [4.69, 9.17) is 4.52 Å². The van der Waals surface area contributed by atoms with Crippen molar-refractivity contribution >= 4 is 10.9 Å². The van der Waals surface area contributed by atoms with Gasteiger partial charge in [-0.25, -0.2) is 0 Å². The van der Waals surface area contributed by atoms with Crippen LogP contribution < -0.4 is 0 Å². The zero-order valence-corrected chi connectivity index (χ0v) is 10.8. The molecule has 3 heteroatoms. The molecular weight excluding hydrogens is 238 g/mol. The molecule has 0 saturated carbocycles. The number of phenols is 1. The zero-order chi connectivity index (χ0) is 13.2. The van der Waals surface area contributed by atoms with Gasteiger partial charge in [0.25, 0.3) is 0 Å². The molecule has 1 N–H and O–H groups in total. The quantitative estimate of drug-likeness (QED) is 0.762. The van der Waals surface area contributed by atoms with Gasteiger partial charge in [0.15, 0.2) is 5.76 Å². The fraction of sp³-hybridized carbons (Fsp3) is 0.188. The number of aryl methyl sites for hydroxylation is 1. The van der Waals surface area contributed by atoms with E-state index in [1.165, 1.54) is 0 Å². The van der Waals surface area contributed by atoms with Crippen molar-refractivity contribution in [3.63, 3.8) is 0 Å². The first-order valence-electron chi connectivity index (χ1n) is 6.46. The predicted molar refractivity (Wildman–Crippen MR) is 75.1 cm³/mol. The van der Waals surface area contributed by atoms with Crippen LogP contribution in [0.2, 0.25) is 0 Å². The molecule has 0 bridgehead atoms. The van der Waals surface area contributed by atoms with Crippen LogP contribution in [0.1, 0.15) is 18.9 Å². The van der Waals surface area contributed by atoms with E-state index in [2.05, 4.69) is 12.1 Å². The molecule has 0 radical (unpaired) electrons. The maximum atomic E-state index is 9.83. The SMILES string of the molecule is CCCc1cc(-c2onc3ccccc23)ccc1O. The van der Waals surface area contributed by atoms with Crippen LogP contribution in [0.5, 0.6) is 5.75 Å². The Morgan fingerprint density at radius 1 is 1.16 bits per heavy atom. The third kappa shape index (κ3) is 2.08. The summed E-state index contributed by atoms with van der Waals surface area (Å²) in [6.45, 7) is 2.09. The number of aromatic hydroxyl groups is 1. The van der Waals surface area contributed by atoms with Gasteiger partial charge in [0.1, 0.15) is 11.3 Å². The van der Waals surface area contributed by atoms with Gasteiger partial charge in [0, 0.05) is 10.9 Å². The number of hydrogen-bond acceptors (Lipinski definition) is 3. The van der Waals surface area contributed by atoms with Crippen LogP contribution >= 0.6 is 0 Å². The van der Waals surface area contributed by atoms with Crippen molar-refractivity contribution in [1.29, 1.82) is 0 Å². The van der Waals surface area contributed by atoms with Gasteiger partial charge in [0.05, 0.1) is 0 Å². The average Bonchev–Trinajstić information content (AvgIpc) is 2.85. The molecule has 0 aliphatic rings. The number of benzene rings is 2. The van der Waals surface area contributed by atoms with E-state index in [1.807, 2.05) is 36.4 Å². The lowest BCUT2D eigenvalue weighted by Crippen LogP contribution is -1.86. The van der Waals surface area contributed by atoms with E-state index < -0.39 is 0 Å². The number of hydrogen-bond donors (Lipinski definition) is 1. The standard InChI is InChI=1S/C16H15NO2/c1-2-5-11-10-12(8-9-15(11)18)16-13-6-3-4-7-14(13)17-19-16/h3-4,6-10,18H,2,5H2,1H3. The maximum absolute atomic E-state index is 9.83. The van der Waals surface area contributed by atoms with Crippen molar-refractivity contribution in [3.8, 4) is 17.1 Å². The summed E-state index contributed by atoms with van der Waals surface area (Å²) < 4.78 is 5.44. The summed E-state index contributed by atoms with van der Waals surface area (Å²) in [5.74, 6) is 1.10. The molecule has 0 unspecified atom stereocenters. The molecule has 0 aliphatic carbocycles. The van der Waals surface area contributed by atoms with E-state index in [0.717, 1.165) is 40.6 Å². The third-order valence-corrected chi connectivity index (χ3v) is 3.24. The summed E-state index contributed by atoms with van der Waals surface area (Å²) >= 11 is 0. The second-order valence-electron chi connectivity index (χ2n) is 4.62. The van der Waals surface area contributed by atoms with Crippen LogP contribution in [0.4, 0.5) is 0 Å². The number of phenolic OH excluding ortho intramolecular Hbond substituents is 1. The third-order valence-electron chi connectivity index (χ3n) is 3.24. The minimum absolute atomic E-state index is 0.342. The molecule has 0 amide bonds. The van der Waals surface area contributed by atoms with Crippen LogP contribution in [0.15, 0.2) is 47.0 Å². The summed E-state index contributed by atoms with van der Waals surface area (Å²) in [4.78, 5) is 0. The highest BCUT2D eigenvalue weighted by atomic mass is 16.5. The van der Waals surface area contributed by atoms with Gasteiger partial charge in [-0.1, -0.05) is 30.6 Å². The Labute approximate surface area is 111 Å². The second-order valence-corrected chi connectivity index (χ2v) is 4.62. The topological polar surface area (TPSA) is 46.3 Å². The fourth-order valence-corrected chi connectivity index (χ4v) is 2.29. The molecule has 0 spiro atoms. The highest BCUT2D eigenvalue weighted by Gasteiger charge is 2.11. The average molecular weight is 253 g/mol. The smallest absolute Gasteiger partial charge is 0.174 e. The maximum Gasteiger partial charge on any atom is 0.174 e. The molecule has 0 saturated heterocycles. The van der Waals surface area contributed by atoms with E-state index in [-0.39, 0.29) is 0 Å². The van der Waals surface area contributed by atoms with Crippen molar-refractivity contribution in [3.05, 3.63) is 48.0 Å². The van der Waals surface area contributed by atoms with Crippen LogP contribution in [-0.2, 0) is 6.42 Å². The molecule has 19 heavy (non-hydrogen) atoms. The minimum Gasteiger partial charge on any atom is -0.508 e. The van der Waals surface area contributed by atoms with Crippen LogP contribution in [0.3, 0.4) is 0 Å². The summed E-state index contributed by atoms with van der Waals surface area (Å²) in [5.41, 5.74) is 2.75. The second kappa shape index (κ2) is 4.76. The van der Waals surface area contributed by atoms with Crippen molar-refractivity contribution in [2.45, 2.75) is 19.8 Å². The van der Waals surface area contributed by atoms with Crippen molar-refractivity contribution in [2.24, 2.45) is 0 Å². The lowest BCUT2D eigenvalue weighted by atomic mass is 10.0. The van der Waals surface area contributed by atoms with Gasteiger partial charge in [0.2, 0.25) is 0 Å². The Kier molecular flexibility index (Phi) is 2.95. The first kappa shape index (κ1) is 11.8. The molecule has 0 aliphatic heterocycles. The highest BCUT2D eigenvalue weighted by Crippen LogP contribution is 2.31. The Balaban J connectivity index is 2.13. The van der Waals surface area contributed by atoms with Gasteiger partial charge < -0.3 is 9.63 Å². The lowest BCUT2D eigenvalue weighted by molar-refractivity contribution is 0.440. The van der Waals surface area contributed by atoms with Gasteiger partial charge in [-0.05, 0) is 42.3 Å². The van der Waals surface area contributed by atoms with Gasteiger partial charge in [-0.3, -0.25) is 0 Å². The first-order valence-corrected chi connectivity index (χ1v) is 6.46. The molecular formula is C16H15NO2. The Hall–Kier alpha value is -2.29. The van der Waals surface area contributed by atoms with Crippen molar-refractivity contribution in [2.75, 3.05) is 0 Å². The van der Waals surface area contributed by atoms with E-state index in [0.29, 0.717) is 5.75 Å².